The number of amidine groups is 1. The van der Waals surface area contributed by atoms with Crippen molar-refractivity contribution in [1.29, 1.82) is 0 Å². The number of methoxy groups -OCH3 is 2. The summed E-state index contributed by atoms with van der Waals surface area (Å²) in [7, 11) is 3.28. The molecular formula is C13H20ClN3O3. The zero-order valence-electron chi connectivity index (χ0n) is 11.7. The number of nitrogens with zero attached hydrogens (tertiary/aromatic N) is 2. The fourth-order valence-corrected chi connectivity index (χ4v) is 1.97. The quantitative estimate of drug-likeness (QED) is 0.329. The molecule has 20 heavy (non-hydrogen) atoms. The summed E-state index contributed by atoms with van der Waals surface area (Å²) in [4.78, 5) is 2.04. The molecule has 0 bridgehead atoms. The second-order valence-corrected chi connectivity index (χ2v) is 4.56. The molecule has 3 N–H and O–H groups in total. The average molecular weight is 302 g/mol. The van der Waals surface area contributed by atoms with Crippen molar-refractivity contribution in [2.24, 2.45) is 10.9 Å². The number of nitrogens with two attached hydrogens (primary N) is 1. The van der Waals surface area contributed by atoms with Crippen LogP contribution >= 0.6 is 11.6 Å². The van der Waals surface area contributed by atoms with Crippen molar-refractivity contribution < 1.29 is 14.7 Å². The van der Waals surface area contributed by atoms with Crippen LogP contribution < -0.4 is 10.6 Å². The topological polar surface area (TPSA) is 80.3 Å². The highest BCUT2D eigenvalue weighted by molar-refractivity contribution is 6.31. The van der Waals surface area contributed by atoms with Gasteiger partial charge in [-0.1, -0.05) is 16.8 Å². The lowest BCUT2D eigenvalue weighted by atomic mass is 10.1. The van der Waals surface area contributed by atoms with Crippen molar-refractivity contribution in [3.05, 3.63) is 28.8 Å². The Kier molecular flexibility index (Phi) is 7.14. The van der Waals surface area contributed by atoms with Crippen LogP contribution in [-0.4, -0.2) is 51.6 Å². The number of ether oxygens (including phenoxy) is 2. The number of hydrogen-bond donors (Lipinski definition) is 2. The lowest BCUT2D eigenvalue weighted by Crippen LogP contribution is -2.32. The van der Waals surface area contributed by atoms with Crippen LogP contribution in [0.25, 0.3) is 0 Å². The van der Waals surface area contributed by atoms with Crippen molar-refractivity contribution in [2.75, 3.05) is 45.4 Å². The van der Waals surface area contributed by atoms with Crippen molar-refractivity contribution in [3.8, 4) is 0 Å². The van der Waals surface area contributed by atoms with E-state index in [4.69, 9.17) is 32.0 Å². The highest BCUT2D eigenvalue weighted by Gasteiger charge is 2.14. The summed E-state index contributed by atoms with van der Waals surface area (Å²) in [6.45, 7) is 2.43. The summed E-state index contributed by atoms with van der Waals surface area (Å²) in [5, 5.41) is 12.5. The SMILES string of the molecule is COCCN(CCOC)c1ccc(Cl)cc1C(N)=NO. The van der Waals surface area contributed by atoms with E-state index >= 15 is 0 Å². The molecule has 1 rings (SSSR count). The van der Waals surface area contributed by atoms with Gasteiger partial charge in [0, 0.05) is 43.6 Å². The first-order valence-corrected chi connectivity index (χ1v) is 6.52. The molecule has 0 aliphatic carbocycles. The second kappa shape index (κ2) is 8.63. The number of rotatable bonds is 8. The summed E-state index contributed by atoms with van der Waals surface area (Å²) < 4.78 is 10.2. The summed E-state index contributed by atoms with van der Waals surface area (Å²) >= 11 is 5.97. The fraction of sp³-hybridized carbons (Fsp3) is 0.462. The minimum atomic E-state index is 0.0160. The van der Waals surface area contributed by atoms with E-state index in [1.165, 1.54) is 0 Å². The Morgan fingerprint density at radius 3 is 2.40 bits per heavy atom. The van der Waals surface area contributed by atoms with Crippen molar-refractivity contribution in [3.63, 3.8) is 0 Å². The molecule has 7 heteroatoms. The molecule has 0 atom stereocenters. The van der Waals surface area contributed by atoms with E-state index in [0.717, 1.165) is 5.69 Å². The molecule has 0 aromatic heterocycles. The minimum Gasteiger partial charge on any atom is -0.409 e. The van der Waals surface area contributed by atoms with Gasteiger partial charge in [0.2, 0.25) is 0 Å². The molecule has 0 spiro atoms. The Bertz CT molecular complexity index is 446. The van der Waals surface area contributed by atoms with Crippen LogP contribution in [0.4, 0.5) is 5.69 Å². The smallest absolute Gasteiger partial charge is 0.172 e. The van der Waals surface area contributed by atoms with E-state index in [2.05, 4.69) is 5.16 Å². The zero-order valence-corrected chi connectivity index (χ0v) is 12.4. The molecule has 1 aromatic rings. The van der Waals surface area contributed by atoms with Gasteiger partial charge in [-0.15, -0.1) is 0 Å². The van der Waals surface area contributed by atoms with E-state index < -0.39 is 0 Å². The predicted octanol–water partition coefficient (Wildman–Crippen LogP) is 1.53. The summed E-state index contributed by atoms with van der Waals surface area (Å²) in [5.74, 6) is 0.0160. The first-order chi connectivity index (χ1) is 9.63. The molecule has 6 nitrogen and oxygen atoms in total. The van der Waals surface area contributed by atoms with Crippen LogP contribution in [0.2, 0.25) is 5.02 Å². The molecule has 0 radical (unpaired) electrons. The standard InChI is InChI=1S/C13H20ClN3O3/c1-19-7-5-17(6-8-20-2)12-4-3-10(14)9-11(12)13(15)16-18/h3-4,9,18H,5-8H2,1-2H3,(H2,15,16). The van der Waals surface area contributed by atoms with Gasteiger partial charge in [0.15, 0.2) is 5.84 Å². The third-order valence-corrected chi connectivity index (χ3v) is 3.05. The van der Waals surface area contributed by atoms with Crippen LogP contribution in [0.3, 0.4) is 0 Å². The monoisotopic (exact) mass is 301 g/mol. The van der Waals surface area contributed by atoms with Crippen LogP contribution in [-0.2, 0) is 9.47 Å². The van der Waals surface area contributed by atoms with Crippen LogP contribution in [0.5, 0.6) is 0 Å². The molecular weight excluding hydrogens is 282 g/mol. The van der Waals surface area contributed by atoms with Gasteiger partial charge in [-0.05, 0) is 18.2 Å². The van der Waals surface area contributed by atoms with Crippen molar-refractivity contribution >= 4 is 23.1 Å². The molecule has 0 saturated carbocycles. The van der Waals surface area contributed by atoms with Crippen LogP contribution in [0, 0.1) is 0 Å². The molecule has 0 heterocycles. The molecule has 0 saturated heterocycles. The number of hydrogen-bond acceptors (Lipinski definition) is 5. The van der Waals surface area contributed by atoms with E-state index in [1.54, 1.807) is 26.4 Å². The van der Waals surface area contributed by atoms with E-state index in [-0.39, 0.29) is 5.84 Å². The van der Waals surface area contributed by atoms with Crippen molar-refractivity contribution in [2.45, 2.75) is 0 Å². The van der Waals surface area contributed by atoms with Gasteiger partial charge >= 0.3 is 0 Å². The highest BCUT2D eigenvalue weighted by Crippen LogP contribution is 2.24. The largest absolute Gasteiger partial charge is 0.409 e. The number of benzene rings is 1. The predicted molar refractivity (Wildman–Crippen MR) is 79.9 cm³/mol. The summed E-state index contributed by atoms with van der Waals surface area (Å²) in [5.41, 5.74) is 7.11. The maximum atomic E-state index is 8.89. The van der Waals surface area contributed by atoms with Gasteiger partial charge in [0.25, 0.3) is 0 Å². The number of anilines is 1. The summed E-state index contributed by atoms with van der Waals surface area (Å²) in [6, 6.07) is 5.26. The lowest BCUT2D eigenvalue weighted by molar-refractivity contribution is 0.190. The molecule has 112 valence electrons. The molecule has 0 unspecified atom stereocenters. The molecule has 0 aliphatic heterocycles. The maximum absolute atomic E-state index is 8.89. The molecule has 1 aromatic carbocycles. The Hall–Kier alpha value is -1.50. The zero-order chi connectivity index (χ0) is 15.0. The third kappa shape index (κ3) is 4.56. The highest BCUT2D eigenvalue weighted by atomic mass is 35.5. The summed E-state index contributed by atoms with van der Waals surface area (Å²) in [6.07, 6.45) is 0. The first kappa shape index (κ1) is 16.6. The Morgan fingerprint density at radius 1 is 1.30 bits per heavy atom. The van der Waals surface area contributed by atoms with Gasteiger partial charge in [0.05, 0.1) is 13.2 Å². The average Bonchev–Trinajstić information content (AvgIpc) is 2.47. The van der Waals surface area contributed by atoms with Gasteiger partial charge < -0.3 is 25.3 Å². The van der Waals surface area contributed by atoms with E-state index in [0.29, 0.717) is 36.9 Å². The van der Waals surface area contributed by atoms with E-state index in [1.807, 2.05) is 11.0 Å². The van der Waals surface area contributed by atoms with Gasteiger partial charge in [0.1, 0.15) is 0 Å². The van der Waals surface area contributed by atoms with Gasteiger partial charge in [-0.3, -0.25) is 0 Å². The van der Waals surface area contributed by atoms with E-state index in [9.17, 15) is 0 Å². The lowest BCUT2D eigenvalue weighted by Gasteiger charge is -2.26. The number of oxime groups is 1. The van der Waals surface area contributed by atoms with Gasteiger partial charge in [-0.25, -0.2) is 0 Å². The third-order valence-electron chi connectivity index (χ3n) is 2.81. The molecule has 0 aliphatic rings. The minimum absolute atomic E-state index is 0.0160. The van der Waals surface area contributed by atoms with Crippen LogP contribution in [0.1, 0.15) is 5.56 Å². The van der Waals surface area contributed by atoms with Crippen molar-refractivity contribution in [1.82, 2.24) is 0 Å². The molecule has 0 fully saturated rings. The fourth-order valence-electron chi connectivity index (χ4n) is 1.80. The number of halogens is 1. The Labute approximate surface area is 123 Å². The Morgan fingerprint density at radius 2 is 1.90 bits per heavy atom. The second-order valence-electron chi connectivity index (χ2n) is 4.12. The Balaban J connectivity index is 3.10. The maximum Gasteiger partial charge on any atom is 0.172 e. The van der Waals surface area contributed by atoms with Gasteiger partial charge in [-0.2, -0.15) is 0 Å². The first-order valence-electron chi connectivity index (χ1n) is 6.14. The normalized spacial score (nSPS) is 11.7. The van der Waals surface area contributed by atoms with Crippen LogP contribution in [0.15, 0.2) is 23.4 Å². The molecule has 0 amide bonds.